The Balaban J connectivity index is 1.58. The van der Waals surface area contributed by atoms with Crippen molar-refractivity contribution in [3.05, 3.63) is 69.9 Å². The van der Waals surface area contributed by atoms with Crippen LogP contribution in [0.1, 0.15) is 27.2 Å². The Kier molecular flexibility index (Phi) is 5.12. The van der Waals surface area contributed by atoms with Gasteiger partial charge in [-0.2, -0.15) is 9.36 Å². The van der Waals surface area contributed by atoms with Crippen molar-refractivity contribution in [3.8, 4) is 17.2 Å². The summed E-state index contributed by atoms with van der Waals surface area (Å²) in [4.78, 5) is 16.7. The number of nitrogens with zero attached hydrogens (tertiary/aromatic N) is 5. The van der Waals surface area contributed by atoms with E-state index >= 15 is 0 Å². The number of aromatic nitrogens is 5. The lowest BCUT2D eigenvalue weighted by molar-refractivity contribution is 0.102. The van der Waals surface area contributed by atoms with Crippen LogP contribution in [0.3, 0.4) is 0 Å². The summed E-state index contributed by atoms with van der Waals surface area (Å²) in [6, 6.07) is 12.8. The molecule has 0 aliphatic heterocycles. The number of hydrogen-bond acceptors (Lipinski definition) is 6. The topological polar surface area (TPSA) is 85.6 Å². The molecule has 9 heteroatoms. The lowest BCUT2D eigenvalue weighted by Crippen LogP contribution is -2.11. The Bertz CT molecular complexity index is 1200. The van der Waals surface area contributed by atoms with Gasteiger partial charge in [-0.1, -0.05) is 34.5 Å². The molecule has 146 valence electrons. The first-order valence-corrected chi connectivity index (χ1v) is 9.98. The summed E-state index contributed by atoms with van der Waals surface area (Å²) in [6.45, 7) is 6.01. The van der Waals surface area contributed by atoms with Crippen molar-refractivity contribution in [2.45, 2.75) is 20.8 Å². The summed E-state index contributed by atoms with van der Waals surface area (Å²) in [5, 5.41) is 12.2. The Morgan fingerprint density at radius 3 is 2.59 bits per heavy atom. The second-order valence-electron chi connectivity index (χ2n) is 6.61. The third-order valence-corrected chi connectivity index (χ3v) is 5.32. The lowest BCUT2D eigenvalue weighted by Gasteiger charge is -2.07. The van der Waals surface area contributed by atoms with Crippen LogP contribution in [0.25, 0.3) is 17.2 Å². The highest BCUT2D eigenvalue weighted by Gasteiger charge is 2.18. The van der Waals surface area contributed by atoms with Crippen molar-refractivity contribution in [2.24, 2.45) is 0 Å². The maximum Gasteiger partial charge on any atom is 0.257 e. The number of halogens is 1. The van der Waals surface area contributed by atoms with E-state index in [4.69, 9.17) is 11.6 Å². The van der Waals surface area contributed by atoms with Crippen LogP contribution in [0.4, 0.5) is 5.13 Å². The molecular weight excluding hydrogens is 408 g/mol. The molecule has 0 aliphatic carbocycles. The average molecular weight is 425 g/mol. The third-order valence-electron chi connectivity index (χ3n) is 4.44. The van der Waals surface area contributed by atoms with Crippen molar-refractivity contribution < 1.29 is 4.79 Å². The van der Waals surface area contributed by atoms with Gasteiger partial charge < -0.3 is 0 Å². The van der Waals surface area contributed by atoms with Gasteiger partial charge >= 0.3 is 0 Å². The van der Waals surface area contributed by atoms with E-state index in [2.05, 4.69) is 38.0 Å². The molecule has 7 nitrogen and oxygen atoms in total. The minimum absolute atomic E-state index is 0.278. The van der Waals surface area contributed by atoms with Gasteiger partial charge in [0.2, 0.25) is 5.13 Å². The maximum atomic E-state index is 12.3. The van der Waals surface area contributed by atoms with Crippen LogP contribution in [-0.2, 0) is 0 Å². The van der Waals surface area contributed by atoms with Gasteiger partial charge in [0.15, 0.2) is 11.5 Å². The molecule has 0 saturated heterocycles. The molecule has 0 aliphatic rings. The van der Waals surface area contributed by atoms with Gasteiger partial charge in [-0.15, -0.1) is 5.10 Å². The van der Waals surface area contributed by atoms with Gasteiger partial charge in [-0.05, 0) is 56.7 Å². The van der Waals surface area contributed by atoms with Gasteiger partial charge in [-0.25, -0.2) is 4.68 Å². The average Bonchev–Trinajstić information content (AvgIpc) is 3.29. The van der Waals surface area contributed by atoms with Crippen molar-refractivity contribution in [1.29, 1.82) is 0 Å². The Morgan fingerprint density at radius 1 is 1.10 bits per heavy atom. The van der Waals surface area contributed by atoms with E-state index in [0.717, 1.165) is 28.5 Å². The molecule has 2 aromatic heterocycles. The van der Waals surface area contributed by atoms with Crippen LogP contribution in [0.2, 0.25) is 5.02 Å². The van der Waals surface area contributed by atoms with Crippen LogP contribution in [0.5, 0.6) is 0 Å². The van der Waals surface area contributed by atoms with E-state index < -0.39 is 0 Å². The second kappa shape index (κ2) is 7.73. The molecular formula is C20H17ClN6OS. The molecule has 29 heavy (non-hydrogen) atoms. The SMILES string of the molecule is Cc1ccc(-n2nnc(-c3nsc(NC(=O)c4ccc(Cl)cc4)n3)c2C)c(C)c1. The third kappa shape index (κ3) is 3.90. The number of hydrogen-bond donors (Lipinski definition) is 1. The summed E-state index contributed by atoms with van der Waals surface area (Å²) in [6.07, 6.45) is 0. The predicted molar refractivity (Wildman–Crippen MR) is 114 cm³/mol. The molecule has 4 rings (SSSR count). The Morgan fingerprint density at radius 2 is 1.86 bits per heavy atom. The van der Waals surface area contributed by atoms with Gasteiger partial charge in [0.1, 0.15) is 0 Å². The zero-order valence-electron chi connectivity index (χ0n) is 16.0. The monoisotopic (exact) mass is 424 g/mol. The fourth-order valence-corrected chi connectivity index (χ4v) is 3.64. The van der Waals surface area contributed by atoms with Crippen molar-refractivity contribution in [3.63, 3.8) is 0 Å². The number of carbonyl (C=O) groups is 1. The van der Waals surface area contributed by atoms with Crippen molar-refractivity contribution >= 4 is 34.2 Å². The fraction of sp³-hybridized carbons (Fsp3) is 0.150. The Labute approximate surface area is 176 Å². The molecule has 0 radical (unpaired) electrons. The molecule has 2 aromatic carbocycles. The first kappa shape index (κ1) is 19.2. The van der Waals surface area contributed by atoms with Crippen LogP contribution >= 0.6 is 23.1 Å². The lowest BCUT2D eigenvalue weighted by atomic mass is 10.1. The molecule has 0 atom stereocenters. The van der Waals surface area contributed by atoms with E-state index in [9.17, 15) is 4.79 Å². The molecule has 0 saturated carbocycles. The van der Waals surface area contributed by atoms with Crippen molar-refractivity contribution in [2.75, 3.05) is 5.32 Å². The van der Waals surface area contributed by atoms with Crippen LogP contribution in [0, 0.1) is 20.8 Å². The normalized spacial score (nSPS) is 10.9. The molecule has 1 amide bonds. The number of aryl methyl sites for hydroxylation is 2. The highest BCUT2D eigenvalue weighted by Crippen LogP contribution is 2.25. The minimum Gasteiger partial charge on any atom is -0.297 e. The van der Waals surface area contributed by atoms with E-state index in [1.807, 2.05) is 26.0 Å². The summed E-state index contributed by atoms with van der Waals surface area (Å²) < 4.78 is 6.11. The molecule has 1 N–H and O–H groups in total. The number of nitrogens with one attached hydrogen (secondary N) is 1. The summed E-state index contributed by atoms with van der Waals surface area (Å²) in [5.74, 6) is 0.148. The number of rotatable bonds is 4. The number of anilines is 1. The highest BCUT2D eigenvalue weighted by atomic mass is 35.5. The van der Waals surface area contributed by atoms with E-state index in [1.54, 1.807) is 28.9 Å². The molecule has 0 bridgehead atoms. The number of amides is 1. The smallest absolute Gasteiger partial charge is 0.257 e. The van der Waals surface area contributed by atoms with Crippen LogP contribution < -0.4 is 5.32 Å². The van der Waals surface area contributed by atoms with E-state index in [0.29, 0.717) is 27.2 Å². The van der Waals surface area contributed by atoms with E-state index in [1.165, 1.54) is 5.56 Å². The van der Waals surface area contributed by atoms with Crippen molar-refractivity contribution in [1.82, 2.24) is 24.4 Å². The molecule has 0 fully saturated rings. The van der Waals surface area contributed by atoms with Gasteiger partial charge in [0.05, 0.1) is 11.4 Å². The molecule has 0 unspecified atom stereocenters. The summed E-state index contributed by atoms with van der Waals surface area (Å²) in [7, 11) is 0. The predicted octanol–water partition coefficient (Wildman–Crippen LogP) is 4.62. The second-order valence-corrected chi connectivity index (χ2v) is 7.80. The van der Waals surface area contributed by atoms with Gasteiger partial charge in [0.25, 0.3) is 5.91 Å². The first-order chi connectivity index (χ1) is 13.9. The molecule has 2 heterocycles. The highest BCUT2D eigenvalue weighted by molar-refractivity contribution is 7.10. The summed E-state index contributed by atoms with van der Waals surface area (Å²) >= 11 is 6.95. The first-order valence-electron chi connectivity index (χ1n) is 8.83. The van der Waals surface area contributed by atoms with E-state index in [-0.39, 0.29) is 5.91 Å². The van der Waals surface area contributed by atoms with Gasteiger partial charge in [-0.3, -0.25) is 10.1 Å². The zero-order valence-corrected chi connectivity index (χ0v) is 17.5. The zero-order chi connectivity index (χ0) is 20.5. The molecule has 4 aromatic rings. The van der Waals surface area contributed by atoms with Crippen LogP contribution in [-0.4, -0.2) is 30.3 Å². The van der Waals surface area contributed by atoms with Gasteiger partial charge in [0, 0.05) is 22.1 Å². The standard InChI is InChI=1S/C20H17ClN6OS/c1-11-4-9-16(12(2)10-11)27-13(3)17(24-26-27)18-22-20(29-25-18)23-19(28)14-5-7-15(21)8-6-14/h4-10H,1-3H3,(H,22,23,25,28). The summed E-state index contributed by atoms with van der Waals surface area (Å²) in [5.41, 5.74) is 5.14. The fourth-order valence-electron chi connectivity index (χ4n) is 2.95. The molecule has 0 spiro atoms. The Hall–Kier alpha value is -3.10. The maximum absolute atomic E-state index is 12.3. The van der Waals surface area contributed by atoms with Crippen LogP contribution in [0.15, 0.2) is 42.5 Å². The largest absolute Gasteiger partial charge is 0.297 e. The number of carbonyl (C=O) groups excluding carboxylic acids is 1. The number of benzene rings is 2. The minimum atomic E-state index is -0.278. The quantitative estimate of drug-likeness (QED) is 0.516.